The van der Waals surface area contributed by atoms with Crippen LogP contribution >= 0.6 is 0 Å². The van der Waals surface area contributed by atoms with E-state index in [1.165, 1.54) is 12.8 Å². The molecule has 0 bridgehead atoms. The van der Waals surface area contributed by atoms with Crippen LogP contribution in [0.2, 0.25) is 0 Å². The van der Waals surface area contributed by atoms with Gasteiger partial charge in [-0.3, -0.25) is 9.78 Å². The molecule has 1 atom stereocenters. The molecule has 1 N–H and O–H groups in total. The minimum atomic E-state index is 0.0531. The molecular formula is C14H19N3O. The Bertz CT molecular complexity index is 426. The first kappa shape index (κ1) is 11.7. The van der Waals surface area contributed by atoms with E-state index in [-0.39, 0.29) is 11.4 Å². The number of nitrogens with zero attached hydrogens (tertiary/aromatic N) is 2. The number of piperidine rings is 1. The topological polar surface area (TPSA) is 45.2 Å². The Hall–Kier alpha value is -1.42. The lowest BCUT2D eigenvalue weighted by molar-refractivity contribution is -0.128. The third-order valence-corrected chi connectivity index (χ3v) is 4.01. The van der Waals surface area contributed by atoms with E-state index in [4.69, 9.17) is 0 Å². The van der Waals surface area contributed by atoms with E-state index in [2.05, 4.69) is 10.3 Å². The second kappa shape index (κ2) is 4.69. The van der Waals surface area contributed by atoms with Gasteiger partial charge in [0.25, 0.3) is 0 Å². The van der Waals surface area contributed by atoms with Crippen molar-refractivity contribution in [1.29, 1.82) is 0 Å². The summed E-state index contributed by atoms with van der Waals surface area (Å²) >= 11 is 0. The minimum absolute atomic E-state index is 0.0531. The minimum Gasteiger partial charge on any atom is -0.336 e. The second-order valence-electron chi connectivity index (χ2n) is 5.45. The van der Waals surface area contributed by atoms with Crippen molar-refractivity contribution in [3.8, 4) is 0 Å². The fourth-order valence-corrected chi connectivity index (χ4v) is 3.08. The molecule has 2 fully saturated rings. The molecule has 1 aromatic rings. The number of likely N-dealkylation sites (tertiary alicyclic amines) is 1. The molecule has 2 aliphatic rings. The Balaban J connectivity index is 1.69. The smallest absolute Gasteiger partial charge is 0.224 e. The van der Waals surface area contributed by atoms with Crippen molar-refractivity contribution in [3.63, 3.8) is 0 Å². The molecule has 1 aromatic heterocycles. The lowest BCUT2D eigenvalue weighted by Crippen LogP contribution is -2.50. The van der Waals surface area contributed by atoms with Crippen molar-refractivity contribution >= 4 is 5.91 Å². The summed E-state index contributed by atoms with van der Waals surface area (Å²) in [5.41, 5.74) is 1.16. The van der Waals surface area contributed by atoms with Gasteiger partial charge >= 0.3 is 0 Å². The van der Waals surface area contributed by atoms with Crippen LogP contribution in [-0.2, 0) is 11.3 Å². The van der Waals surface area contributed by atoms with E-state index in [0.29, 0.717) is 13.0 Å². The van der Waals surface area contributed by atoms with Crippen LogP contribution in [0.3, 0.4) is 0 Å². The normalized spacial score (nSPS) is 28.0. The van der Waals surface area contributed by atoms with Crippen molar-refractivity contribution < 1.29 is 4.79 Å². The average molecular weight is 245 g/mol. The molecule has 4 nitrogen and oxygen atoms in total. The van der Waals surface area contributed by atoms with Crippen molar-refractivity contribution in [3.05, 3.63) is 30.1 Å². The highest BCUT2D eigenvalue weighted by molar-refractivity contribution is 5.80. The molecule has 0 aromatic carbocycles. The average Bonchev–Trinajstić information content (AvgIpc) is 2.68. The molecule has 4 heteroatoms. The highest BCUT2D eigenvalue weighted by Gasteiger charge is 2.43. The molecule has 1 amide bonds. The Morgan fingerprint density at radius 1 is 1.44 bits per heavy atom. The van der Waals surface area contributed by atoms with Gasteiger partial charge in [-0.25, -0.2) is 0 Å². The molecule has 3 heterocycles. The third kappa shape index (κ3) is 2.25. The van der Waals surface area contributed by atoms with Crippen LogP contribution in [-0.4, -0.2) is 34.4 Å². The molecule has 1 unspecified atom stereocenters. The summed E-state index contributed by atoms with van der Waals surface area (Å²) in [7, 11) is 0. The summed E-state index contributed by atoms with van der Waals surface area (Å²) in [6.45, 7) is 2.59. The lowest BCUT2D eigenvalue weighted by Gasteiger charge is -2.34. The van der Waals surface area contributed by atoms with Crippen LogP contribution in [0.5, 0.6) is 0 Å². The number of carbonyl (C=O) groups excluding carboxylic acids is 1. The van der Waals surface area contributed by atoms with Gasteiger partial charge in [0.05, 0.1) is 0 Å². The zero-order chi connectivity index (χ0) is 12.4. The number of hydrogen-bond acceptors (Lipinski definition) is 3. The molecule has 2 saturated heterocycles. The molecule has 18 heavy (non-hydrogen) atoms. The molecule has 1 spiro atoms. The number of amides is 1. The standard InChI is InChI=1S/C14H19N3O/c18-13-8-14(5-1-2-7-16-14)11-17(13)10-12-4-3-6-15-9-12/h3-4,6,9,16H,1-2,5,7-8,10-11H2. The maximum absolute atomic E-state index is 12.1. The first-order chi connectivity index (χ1) is 8.77. The number of rotatable bonds is 2. The molecule has 96 valence electrons. The van der Waals surface area contributed by atoms with Crippen LogP contribution in [0.1, 0.15) is 31.2 Å². The van der Waals surface area contributed by atoms with Crippen molar-refractivity contribution in [2.75, 3.05) is 13.1 Å². The Kier molecular flexibility index (Phi) is 3.04. The first-order valence-corrected chi connectivity index (χ1v) is 6.69. The zero-order valence-corrected chi connectivity index (χ0v) is 10.6. The second-order valence-corrected chi connectivity index (χ2v) is 5.45. The van der Waals surface area contributed by atoms with Gasteiger partial charge in [0.2, 0.25) is 5.91 Å². The zero-order valence-electron chi connectivity index (χ0n) is 10.6. The van der Waals surface area contributed by atoms with Gasteiger partial charge in [-0.2, -0.15) is 0 Å². The maximum Gasteiger partial charge on any atom is 0.224 e. The lowest BCUT2D eigenvalue weighted by atomic mass is 9.88. The summed E-state index contributed by atoms with van der Waals surface area (Å²) in [6.07, 6.45) is 7.86. The predicted octanol–water partition coefficient (Wildman–Crippen LogP) is 1.33. The molecule has 0 aliphatic carbocycles. The van der Waals surface area contributed by atoms with Crippen LogP contribution in [0, 0.1) is 0 Å². The van der Waals surface area contributed by atoms with Gasteiger partial charge in [0, 0.05) is 37.4 Å². The van der Waals surface area contributed by atoms with Gasteiger partial charge in [-0.15, -0.1) is 0 Å². The molecule has 3 rings (SSSR count). The Labute approximate surface area is 107 Å². The highest BCUT2D eigenvalue weighted by Crippen LogP contribution is 2.31. The summed E-state index contributed by atoms with van der Waals surface area (Å²) in [6, 6.07) is 3.95. The monoisotopic (exact) mass is 245 g/mol. The number of pyridine rings is 1. The third-order valence-electron chi connectivity index (χ3n) is 4.01. The van der Waals surface area contributed by atoms with Gasteiger partial charge < -0.3 is 10.2 Å². The van der Waals surface area contributed by atoms with E-state index in [1.807, 2.05) is 23.2 Å². The Morgan fingerprint density at radius 3 is 3.11 bits per heavy atom. The summed E-state index contributed by atoms with van der Waals surface area (Å²) < 4.78 is 0. The van der Waals surface area contributed by atoms with Gasteiger partial charge in [-0.1, -0.05) is 12.5 Å². The van der Waals surface area contributed by atoms with Crippen LogP contribution in [0.15, 0.2) is 24.5 Å². The van der Waals surface area contributed by atoms with Crippen molar-refractivity contribution in [2.45, 2.75) is 37.8 Å². The van der Waals surface area contributed by atoms with Crippen molar-refractivity contribution in [2.24, 2.45) is 0 Å². The van der Waals surface area contributed by atoms with E-state index >= 15 is 0 Å². The Morgan fingerprint density at radius 2 is 2.39 bits per heavy atom. The number of nitrogens with one attached hydrogen (secondary N) is 1. The summed E-state index contributed by atoms with van der Waals surface area (Å²) in [5, 5.41) is 3.56. The van der Waals surface area contributed by atoms with Crippen molar-refractivity contribution in [1.82, 2.24) is 15.2 Å². The van der Waals surface area contributed by atoms with Crippen LogP contribution in [0.25, 0.3) is 0 Å². The van der Waals surface area contributed by atoms with E-state index < -0.39 is 0 Å². The van der Waals surface area contributed by atoms with Crippen LogP contribution in [0.4, 0.5) is 0 Å². The molecule has 0 radical (unpaired) electrons. The number of hydrogen-bond donors (Lipinski definition) is 1. The van der Waals surface area contributed by atoms with E-state index in [1.54, 1.807) is 6.20 Å². The molecule has 0 saturated carbocycles. The maximum atomic E-state index is 12.1. The fourth-order valence-electron chi connectivity index (χ4n) is 3.08. The molecular weight excluding hydrogens is 226 g/mol. The molecule has 2 aliphatic heterocycles. The summed E-state index contributed by atoms with van der Waals surface area (Å²) in [4.78, 5) is 18.2. The summed E-state index contributed by atoms with van der Waals surface area (Å²) in [5.74, 6) is 0.272. The fraction of sp³-hybridized carbons (Fsp3) is 0.571. The van der Waals surface area contributed by atoms with Gasteiger partial charge in [-0.05, 0) is 31.0 Å². The number of carbonyl (C=O) groups is 1. The first-order valence-electron chi connectivity index (χ1n) is 6.69. The quantitative estimate of drug-likeness (QED) is 0.855. The van der Waals surface area contributed by atoms with E-state index in [0.717, 1.165) is 25.1 Å². The van der Waals surface area contributed by atoms with Crippen LogP contribution < -0.4 is 5.32 Å². The highest BCUT2D eigenvalue weighted by atomic mass is 16.2. The largest absolute Gasteiger partial charge is 0.336 e. The SMILES string of the molecule is O=C1CC2(CCCCN2)CN1Cc1cccnc1. The van der Waals surface area contributed by atoms with Gasteiger partial charge in [0.15, 0.2) is 0 Å². The van der Waals surface area contributed by atoms with Gasteiger partial charge in [0.1, 0.15) is 0 Å². The number of aromatic nitrogens is 1. The predicted molar refractivity (Wildman–Crippen MR) is 68.9 cm³/mol. The van der Waals surface area contributed by atoms with E-state index in [9.17, 15) is 4.79 Å².